The minimum Gasteiger partial charge on any atom is -0.481 e. The van der Waals surface area contributed by atoms with Gasteiger partial charge in [0.25, 0.3) is 0 Å². The van der Waals surface area contributed by atoms with E-state index in [0.29, 0.717) is 19.4 Å². The van der Waals surface area contributed by atoms with E-state index in [-0.39, 0.29) is 24.3 Å². The van der Waals surface area contributed by atoms with E-state index in [0.717, 1.165) is 0 Å². The average Bonchev–Trinajstić information content (AvgIpc) is 3.20. The zero-order chi connectivity index (χ0) is 23.5. The predicted octanol–water partition coefficient (Wildman–Crippen LogP) is 2.38. The van der Waals surface area contributed by atoms with Gasteiger partial charge in [-0.1, -0.05) is 19.9 Å². The van der Waals surface area contributed by atoms with Crippen LogP contribution in [0.25, 0.3) is 0 Å². The number of rotatable bonds is 7. The summed E-state index contributed by atoms with van der Waals surface area (Å²) in [7, 11) is 0. The maximum absolute atomic E-state index is 14.1. The first-order valence-corrected chi connectivity index (χ1v) is 11.9. The van der Waals surface area contributed by atoms with Crippen LogP contribution in [0.4, 0.5) is 0 Å². The number of aliphatic hydroxyl groups excluding tert-OH is 1. The summed E-state index contributed by atoms with van der Waals surface area (Å²) >= 11 is 1.52. The van der Waals surface area contributed by atoms with Crippen LogP contribution < -0.4 is 0 Å². The molecule has 174 valence electrons. The molecule has 0 aliphatic carbocycles. The number of likely N-dealkylation sites (tertiary alicyclic amines) is 1. The molecule has 2 bridgehead atoms. The molecule has 8 heteroatoms. The van der Waals surface area contributed by atoms with Crippen molar-refractivity contribution in [1.29, 1.82) is 0 Å². The number of aliphatic carboxylic acids is 1. The standard InChI is InChI=1S/C23H36N2O5S/c1-8-11-24(21(4,5)6)19(28)17-23-10-9-22(7,31-23)16(20(29)30)15(23)18(27)25(17)14(12-26)13(2)3/h8,13-17,26H,1,9-12H2,2-7H3,(H,29,30)/t14-,15-,16-,17?,22+,23?/m0/s1. The molecule has 0 saturated carbocycles. The average molecular weight is 453 g/mol. The second-order valence-electron chi connectivity index (χ2n) is 10.7. The monoisotopic (exact) mass is 452 g/mol. The van der Waals surface area contributed by atoms with Crippen LogP contribution in [0.3, 0.4) is 0 Å². The molecule has 2 N–H and O–H groups in total. The summed E-state index contributed by atoms with van der Waals surface area (Å²) in [4.78, 5) is 43.5. The molecule has 3 heterocycles. The Bertz CT molecular complexity index is 793. The number of hydrogen-bond donors (Lipinski definition) is 2. The van der Waals surface area contributed by atoms with Crippen molar-refractivity contribution in [2.24, 2.45) is 17.8 Å². The molecule has 3 aliphatic heterocycles. The number of carboxylic acids is 1. The molecule has 0 radical (unpaired) electrons. The first kappa shape index (κ1) is 24.1. The van der Waals surface area contributed by atoms with Gasteiger partial charge < -0.3 is 20.0 Å². The van der Waals surface area contributed by atoms with Crippen LogP contribution in [0.2, 0.25) is 0 Å². The van der Waals surface area contributed by atoms with Crippen LogP contribution in [0.1, 0.15) is 54.4 Å². The Hall–Kier alpha value is -1.54. The Kier molecular flexibility index (Phi) is 6.06. The molecule has 0 aromatic rings. The maximum atomic E-state index is 14.1. The summed E-state index contributed by atoms with van der Waals surface area (Å²) < 4.78 is -1.37. The largest absolute Gasteiger partial charge is 0.481 e. The van der Waals surface area contributed by atoms with E-state index in [9.17, 15) is 24.6 Å². The fraction of sp³-hybridized carbons (Fsp3) is 0.783. The van der Waals surface area contributed by atoms with Crippen molar-refractivity contribution >= 4 is 29.5 Å². The zero-order valence-corrected chi connectivity index (χ0v) is 20.2. The van der Waals surface area contributed by atoms with Gasteiger partial charge in [0.05, 0.1) is 29.2 Å². The van der Waals surface area contributed by atoms with Gasteiger partial charge in [-0.3, -0.25) is 14.4 Å². The molecule has 1 spiro atoms. The predicted molar refractivity (Wildman–Crippen MR) is 121 cm³/mol. The van der Waals surface area contributed by atoms with Gasteiger partial charge in [-0.25, -0.2) is 0 Å². The van der Waals surface area contributed by atoms with Crippen LogP contribution in [-0.4, -0.2) is 78.1 Å². The van der Waals surface area contributed by atoms with Crippen molar-refractivity contribution in [3.8, 4) is 0 Å². The third-order valence-electron chi connectivity index (χ3n) is 7.42. The van der Waals surface area contributed by atoms with Crippen molar-refractivity contribution in [2.75, 3.05) is 13.2 Å². The van der Waals surface area contributed by atoms with E-state index in [1.165, 1.54) is 11.8 Å². The fourth-order valence-electron chi connectivity index (χ4n) is 5.97. The van der Waals surface area contributed by atoms with E-state index in [4.69, 9.17) is 0 Å². The molecule has 7 nitrogen and oxygen atoms in total. The number of carbonyl (C=O) groups excluding carboxylic acids is 2. The highest BCUT2D eigenvalue weighted by Crippen LogP contribution is 2.71. The Labute approximate surface area is 189 Å². The number of carbonyl (C=O) groups is 3. The normalized spacial score (nSPS) is 35.4. The van der Waals surface area contributed by atoms with Crippen molar-refractivity contribution in [3.05, 3.63) is 12.7 Å². The summed E-state index contributed by atoms with van der Waals surface area (Å²) in [5.74, 6) is -3.16. The molecular weight excluding hydrogens is 416 g/mol. The molecule has 31 heavy (non-hydrogen) atoms. The van der Waals surface area contributed by atoms with Gasteiger partial charge in [-0.2, -0.15) is 0 Å². The summed E-state index contributed by atoms with van der Waals surface area (Å²) in [5.41, 5.74) is -0.501. The minimum absolute atomic E-state index is 0.0805. The molecule has 2 amide bonds. The van der Waals surface area contributed by atoms with Crippen molar-refractivity contribution < 1.29 is 24.6 Å². The van der Waals surface area contributed by atoms with Crippen LogP contribution >= 0.6 is 11.8 Å². The van der Waals surface area contributed by atoms with Gasteiger partial charge in [0.2, 0.25) is 11.8 Å². The number of aliphatic hydroxyl groups is 1. The lowest BCUT2D eigenvalue weighted by molar-refractivity contribution is -0.152. The first-order chi connectivity index (χ1) is 14.3. The van der Waals surface area contributed by atoms with E-state index in [2.05, 4.69) is 6.58 Å². The van der Waals surface area contributed by atoms with E-state index >= 15 is 0 Å². The Morgan fingerprint density at radius 1 is 1.35 bits per heavy atom. The molecule has 3 saturated heterocycles. The molecule has 3 rings (SSSR count). The summed E-state index contributed by atoms with van der Waals surface area (Å²) in [5, 5.41) is 20.2. The van der Waals surface area contributed by atoms with Gasteiger partial charge in [0.1, 0.15) is 6.04 Å². The Morgan fingerprint density at radius 2 is 1.97 bits per heavy atom. The summed E-state index contributed by atoms with van der Waals surface area (Å²) in [6, 6.07) is -1.35. The van der Waals surface area contributed by atoms with E-state index in [1.807, 2.05) is 41.5 Å². The smallest absolute Gasteiger partial charge is 0.308 e. The number of amides is 2. The van der Waals surface area contributed by atoms with Gasteiger partial charge in [-0.15, -0.1) is 18.3 Å². The molecule has 0 aromatic heterocycles. The highest BCUT2D eigenvalue weighted by atomic mass is 32.2. The second-order valence-corrected chi connectivity index (χ2v) is 12.6. The van der Waals surface area contributed by atoms with Gasteiger partial charge in [-0.05, 0) is 46.5 Å². The quantitative estimate of drug-likeness (QED) is 0.576. The minimum atomic E-state index is -0.980. The number of fused-ring (bicyclic) bond motifs is 1. The molecule has 3 fully saturated rings. The highest BCUT2D eigenvalue weighted by Gasteiger charge is 2.78. The topological polar surface area (TPSA) is 98.2 Å². The molecule has 3 aliphatic rings. The van der Waals surface area contributed by atoms with Crippen LogP contribution in [0.5, 0.6) is 0 Å². The maximum Gasteiger partial charge on any atom is 0.308 e. The van der Waals surface area contributed by atoms with E-state index in [1.54, 1.807) is 15.9 Å². The fourth-order valence-corrected chi connectivity index (χ4v) is 8.30. The van der Waals surface area contributed by atoms with E-state index < -0.39 is 44.9 Å². The third kappa shape index (κ3) is 3.41. The van der Waals surface area contributed by atoms with Crippen molar-refractivity contribution in [3.63, 3.8) is 0 Å². The van der Waals surface area contributed by atoms with Crippen LogP contribution in [0, 0.1) is 17.8 Å². The number of thioether (sulfide) groups is 1. The summed E-state index contributed by atoms with van der Waals surface area (Å²) in [6.45, 7) is 15.4. The number of carboxylic acid groups (broad SMARTS) is 1. The second kappa shape index (κ2) is 7.80. The van der Waals surface area contributed by atoms with Crippen LogP contribution in [0.15, 0.2) is 12.7 Å². The lowest BCUT2D eigenvalue weighted by atomic mass is 9.66. The van der Waals surface area contributed by atoms with Crippen LogP contribution in [-0.2, 0) is 14.4 Å². The number of nitrogens with zero attached hydrogens (tertiary/aromatic N) is 2. The lowest BCUT2D eigenvalue weighted by Crippen LogP contribution is -2.61. The molecular formula is C23H36N2O5S. The van der Waals surface area contributed by atoms with Gasteiger partial charge >= 0.3 is 5.97 Å². The lowest BCUT2D eigenvalue weighted by Gasteiger charge is -2.44. The van der Waals surface area contributed by atoms with Crippen molar-refractivity contribution in [2.45, 2.75) is 81.5 Å². The zero-order valence-electron chi connectivity index (χ0n) is 19.4. The number of hydrogen-bond acceptors (Lipinski definition) is 5. The Morgan fingerprint density at radius 3 is 2.42 bits per heavy atom. The van der Waals surface area contributed by atoms with Gasteiger partial charge in [0, 0.05) is 16.8 Å². The Balaban J connectivity index is 2.19. The third-order valence-corrected chi connectivity index (χ3v) is 9.40. The van der Waals surface area contributed by atoms with Crippen molar-refractivity contribution in [1.82, 2.24) is 9.80 Å². The molecule has 6 atom stereocenters. The molecule has 0 aromatic carbocycles. The van der Waals surface area contributed by atoms with Gasteiger partial charge in [0.15, 0.2) is 0 Å². The first-order valence-electron chi connectivity index (χ1n) is 11.0. The molecule has 2 unspecified atom stereocenters. The highest BCUT2D eigenvalue weighted by molar-refractivity contribution is 8.02. The SMILES string of the molecule is C=CCN(C(=O)C1N([C@@H](CO)C(C)C)C(=O)[C@@H]2[C@@H](C(=O)O)[C@@]3(C)CCC12S3)C(C)(C)C. The summed E-state index contributed by atoms with van der Waals surface area (Å²) in [6.07, 6.45) is 2.94.